The molecule has 1 atom stereocenters. The number of hydrogen-bond donors (Lipinski definition) is 1. The average molecular weight is 296 g/mol. The number of aromatic nitrogens is 2. The summed E-state index contributed by atoms with van der Waals surface area (Å²) in [4.78, 5) is 10.5. The predicted molar refractivity (Wildman–Crippen MR) is 78.7 cm³/mol. The molecule has 1 N–H and O–H groups in total. The second-order valence-corrected chi connectivity index (χ2v) is 8.25. The molecule has 0 aromatic carbocycles. The van der Waals surface area contributed by atoms with E-state index in [1.165, 1.54) is 12.8 Å². The molecule has 2 fully saturated rings. The minimum absolute atomic E-state index is 0.197. The van der Waals surface area contributed by atoms with E-state index >= 15 is 0 Å². The molecule has 0 amide bonds. The molecule has 1 unspecified atom stereocenters. The summed E-state index contributed by atoms with van der Waals surface area (Å²) in [7, 11) is -2.93. The highest BCUT2D eigenvalue weighted by Gasteiger charge is 2.30. The summed E-state index contributed by atoms with van der Waals surface area (Å²) in [5.74, 6) is 2.61. The molecule has 2 aliphatic rings. The Balaban J connectivity index is 1.68. The molecule has 0 spiro atoms. The van der Waals surface area contributed by atoms with Crippen LogP contribution in [-0.2, 0) is 9.84 Å². The zero-order valence-corrected chi connectivity index (χ0v) is 12.4. The topological polar surface area (TPSA) is 75.2 Å². The van der Waals surface area contributed by atoms with Gasteiger partial charge in [0, 0.05) is 25.7 Å². The molecule has 1 aromatic heterocycles. The highest BCUT2D eigenvalue weighted by molar-refractivity contribution is 7.92. The Morgan fingerprint density at radius 3 is 2.90 bits per heavy atom. The van der Waals surface area contributed by atoms with Crippen LogP contribution in [0, 0.1) is 5.92 Å². The van der Waals surface area contributed by atoms with Crippen molar-refractivity contribution in [2.45, 2.75) is 25.0 Å². The van der Waals surface area contributed by atoms with Gasteiger partial charge in [0.15, 0.2) is 9.84 Å². The van der Waals surface area contributed by atoms with Crippen LogP contribution in [0.4, 0.5) is 11.6 Å². The van der Waals surface area contributed by atoms with Crippen LogP contribution in [0.25, 0.3) is 0 Å². The van der Waals surface area contributed by atoms with E-state index in [1.54, 1.807) is 13.3 Å². The van der Waals surface area contributed by atoms with E-state index in [0.29, 0.717) is 13.1 Å². The molecule has 0 bridgehead atoms. The molecule has 7 heteroatoms. The molecule has 110 valence electrons. The highest BCUT2D eigenvalue weighted by atomic mass is 32.2. The molecule has 20 heavy (non-hydrogen) atoms. The van der Waals surface area contributed by atoms with Gasteiger partial charge in [-0.1, -0.05) is 0 Å². The third-order valence-corrected chi connectivity index (χ3v) is 6.11. The SMILES string of the molecule is CC1CN(c2cc(NCC3CC3)ncn2)CCS1(=O)=O. The fraction of sp³-hybridized carbons (Fsp3) is 0.692. The number of nitrogens with one attached hydrogen (secondary N) is 1. The third-order valence-electron chi connectivity index (χ3n) is 3.98. The van der Waals surface area contributed by atoms with E-state index < -0.39 is 9.84 Å². The molecule has 6 nitrogen and oxygen atoms in total. The lowest BCUT2D eigenvalue weighted by molar-refractivity contribution is 0.568. The maximum atomic E-state index is 11.7. The van der Waals surface area contributed by atoms with Crippen molar-refractivity contribution in [3.63, 3.8) is 0 Å². The zero-order chi connectivity index (χ0) is 14.2. The summed E-state index contributed by atoms with van der Waals surface area (Å²) in [6.45, 7) is 3.73. The molecule has 3 rings (SSSR count). The average Bonchev–Trinajstić information content (AvgIpc) is 3.24. The van der Waals surface area contributed by atoms with Crippen molar-refractivity contribution in [3.05, 3.63) is 12.4 Å². The van der Waals surface area contributed by atoms with Crippen LogP contribution in [0.5, 0.6) is 0 Å². The van der Waals surface area contributed by atoms with Crippen LogP contribution in [0.1, 0.15) is 19.8 Å². The molecule has 2 heterocycles. The molecule has 1 aromatic rings. The van der Waals surface area contributed by atoms with E-state index in [0.717, 1.165) is 24.1 Å². The van der Waals surface area contributed by atoms with E-state index in [-0.39, 0.29) is 11.0 Å². The van der Waals surface area contributed by atoms with Crippen molar-refractivity contribution in [2.75, 3.05) is 35.6 Å². The normalized spacial score (nSPS) is 25.4. The third kappa shape index (κ3) is 3.03. The minimum Gasteiger partial charge on any atom is -0.370 e. The van der Waals surface area contributed by atoms with E-state index in [2.05, 4.69) is 15.3 Å². The summed E-state index contributed by atoms with van der Waals surface area (Å²) in [6, 6.07) is 1.91. The molecule has 1 saturated heterocycles. The Labute approximate surface area is 119 Å². The predicted octanol–water partition coefficient (Wildman–Crippen LogP) is 0.922. The molecular formula is C13H20N4O2S. The second-order valence-electron chi connectivity index (χ2n) is 5.71. The first-order valence-corrected chi connectivity index (χ1v) is 8.78. The van der Waals surface area contributed by atoms with Crippen LogP contribution in [-0.4, -0.2) is 49.0 Å². The van der Waals surface area contributed by atoms with Crippen LogP contribution in [0.2, 0.25) is 0 Å². The number of hydrogen-bond acceptors (Lipinski definition) is 6. The van der Waals surface area contributed by atoms with Gasteiger partial charge in [-0.25, -0.2) is 18.4 Å². The highest BCUT2D eigenvalue weighted by Crippen LogP contribution is 2.29. The lowest BCUT2D eigenvalue weighted by Gasteiger charge is -2.31. The molecule has 1 aliphatic heterocycles. The number of sulfone groups is 1. The van der Waals surface area contributed by atoms with Gasteiger partial charge in [0.25, 0.3) is 0 Å². The van der Waals surface area contributed by atoms with Crippen molar-refractivity contribution in [2.24, 2.45) is 5.92 Å². The van der Waals surface area contributed by atoms with Gasteiger partial charge in [-0.2, -0.15) is 0 Å². The molecule has 1 saturated carbocycles. The lowest BCUT2D eigenvalue weighted by Crippen LogP contribution is -2.45. The van der Waals surface area contributed by atoms with Crippen molar-refractivity contribution >= 4 is 21.5 Å². The Morgan fingerprint density at radius 1 is 1.40 bits per heavy atom. The minimum atomic E-state index is -2.93. The summed E-state index contributed by atoms with van der Waals surface area (Å²) >= 11 is 0. The van der Waals surface area contributed by atoms with E-state index in [4.69, 9.17) is 0 Å². The largest absolute Gasteiger partial charge is 0.370 e. The molecular weight excluding hydrogens is 276 g/mol. The van der Waals surface area contributed by atoms with Gasteiger partial charge in [-0.15, -0.1) is 0 Å². The number of rotatable bonds is 4. The summed E-state index contributed by atoms with van der Waals surface area (Å²) in [5, 5.41) is 2.98. The van der Waals surface area contributed by atoms with Crippen molar-refractivity contribution < 1.29 is 8.42 Å². The van der Waals surface area contributed by atoms with Gasteiger partial charge in [0.05, 0.1) is 11.0 Å². The maximum absolute atomic E-state index is 11.7. The second kappa shape index (κ2) is 5.20. The van der Waals surface area contributed by atoms with Gasteiger partial charge in [0.2, 0.25) is 0 Å². The van der Waals surface area contributed by atoms with Crippen molar-refractivity contribution in [1.29, 1.82) is 0 Å². The standard InChI is InChI=1S/C13H20N4O2S/c1-10-8-17(4-5-20(10,18)19)13-6-12(15-9-16-13)14-7-11-2-3-11/h6,9-11H,2-5,7-8H2,1H3,(H,14,15,16). The maximum Gasteiger partial charge on any atom is 0.156 e. The van der Waals surface area contributed by atoms with Crippen molar-refractivity contribution in [3.8, 4) is 0 Å². The van der Waals surface area contributed by atoms with Crippen LogP contribution in [0.3, 0.4) is 0 Å². The first-order valence-electron chi connectivity index (χ1n) is 7.07. The van der Waals surface area contributed by atoms with Gasteiger partial charge in [-0.05, 0) is 25.7 Å². The molecule has 1 aliphatic carbocycles. The fourth-order valence-electron chi connectivity index (χ4n) is 2.35. The zero-order valence-electron chi connectivity index (χ0n) is 11.6. The number of anilines is 2. The lowest BCUT2D eigenvalue weighted by atomic mass is 10.3. The first-order chi connectivity index (χ1) is 9.54. The Kier molecular flexibility index (Phi) is 3.54. The first kappa shape index (κ1) is 13.6. The number of nitrogens with zero attached hydrogens (tertiary/aromatic N) is 3. The van der Waals surface area contributed by atoms with Crippen LogP contribution < -0.4 is 10.2 Å². The Hall–Kier alpha value is -1.37. The fourth-order valence-corrected chi connectivity index (χ4v) is 3.63. The molecule has 0 radical (unpaired) electrons. The monoisotopic (exact) mass is 296 g/mol. The van der Waals surface area contributed by atoms with Gasteiger partial charge >= 0.3 is 0 Å². The van der Waals surface area contributed by atoms with Crippen LogP contribution >= 0.6 is 0 Å². The smallest absolute Gasteiger partial charge is 0.156 e. The van der Waals surface area contributed by atoms with E-state index in [1.807, 2.05) is 11.0 Å². The Morgan fingerprint density at radius 2 is 2.20 bits per heavy atom. The van der Waals surface area contributed by atoms with Gasteiger partial charge in [-0.3, -0.25) is 0 Å². The van der Waals surface area contributed by atoms with Crippen LogP contribution in [0.15, 0.2) is 12.4 Å². The van der Waals surface area contributed by atoms with Crippen molar-refractivity contribution in [1.82, 2.24) is 9.97 Å². The van der Waals surface area contributed by atoms with E-state index in [9.17, 15) is 8.42 Å². The Bertz CT molecular complexity index is 586. The summed E-state index contributed by atoms with van der Waals surface area (Å²) in [5.41, 5.74) is 0. The summed E-state index contributed by atoms with van der Waals surface area (Å²) in [6.07, 6.45) is 4.14. The quantitative estimate of drug-likeness (QED) is 0.890. The summed E-state index contributed by atoms with van der Waals surface area (Å²) < 4.78 is 23.5. The van der Waals surface area contributed by atoms with Gasteiger partial charge in [0.1, 0.15) is 18.0 Å². The van der Waals surface area contributed by atoms with Gasteiger partial charge < -0.3 is 10.2 Å².